The first kappa shape index (κ1) is 19.6. The molecule has 5 atom stereocenters. The molecule has 4 N–H and O–H groups in total. The lowest BCUT2D eigenvalue weighted by molar-refractivity contribution is -0.863. The van der Waals surface area contributed by atoms with E-state index in [0.29, 0.717) is 5.57 Å². The van der Waals surface area contributed by atoms with Crippen LogP contribution in [0.25, 0.3) is 0 Å². The highest BCUT2D eigenvalue weighted by Gasteiger charge is 2.52. The van der Waals surface area contributed by atoms with Crippen LogP contribution in [0, 0.1) is 0 Å². The van der Waals surface area contributed by atoms with Crippen LogP contribution in [0.4, 0.5) is 4.79 Å². The third kappa shape index (κ3) is 3.93. The zero-order valence-corrected chi connectivity index (χ0v) is 15.2. The molecule has 2 aliphatic heterocycles. The number of quaternary nitrogens is 1. The number of aliphatic hydroxyl groups is 1. The number of imide groups is 1. The quantitative estimate of drug-likeness (QED) is 0.288. The van der Waals surface area contributed by atoms with Crippen LogP contribution in [0.3, 0.4) is 0 Å². The molecule has 0 spiro atoms. The third-order valence-electron chi connectivity index (χ3n) is 4.72. The van der Waals surface area contributed by atoms with Gasteiger partial charge in [0.25, 0.3) is 5.91 Å². The fourth-order valence-corrected chi connectivity index (χ4v) is 3.17. The molecule has 0 bridgehead atoms. The molecule has 0 aromatic heterocycles. The molecule has 0 aliphatic carbocycles. The van der Waals surface area contributed by atoms with Crippen molar-refractivity contribution in [3.8, 4) is 0 Å². The second-order valence-electron chi connectivity index (χ2n) is 6.65. The summed E-state index contributed by atoms with van der Waals surface area (Å²) in [6.07, 6.45) is -1.55. The molecule has 146 valence electrons. The molecule has 3 rings (SSSR count). The van der Waals surface area contributed by atoms with Crippen molar-refractivity contribution in [2.45, 2.75) is 38.1 Å². The molecule has 1 saturated heterocycles. The molecule has 1 aromatic carbocycles. The lowest BCUT2D eigenvalue weighted by Crippen LogP contribution is -2.67. The third-order valence-corrected chi connectivity index (χ3v) is 4.72. The van der Waals surface area contributed by atoms with Crippen LogP contribution in [0.2, 0.25) is 0 Å². The van der Waals surface area contributed by atoms with Crippen molar-refractivity contribution in [2.24, 2.45) is 5.84 Å². The molecule has 9 heteroatoms. The SMILES string of the molecule is COC(OC[C@H]1O[C@@H]([N+]2(N)C=C(C)C(=O)NC2=O)C[C@@H]1O)c1ccccc1. The van der Waals surface area contributed by atoms with E-state index in [0.717, 1.165) is 5.56 Å². The van der Waals surface area contributed by atoms with E-state index in [1.165, 1.54) is 13.3 Å². The number of ether oxygens (including phenoxy) is 3. The summed E-state index contributed by atoms with van der Waals surface area (Å²) < 4.78 is 16.1. The maximum atomic E-state index is 12.2. The standard InChI is InChI=1S/C18H23N3O6/c1-11-9-21(19,18(24)20-16(11)23)15-8-13(22)14(27-15)10-26-17(25-2)12-6-4-3-5-7-12/h3-7,9,13-15,17,22H,8,10,19H2,1-2H3/p+1/t13-,14+,15+,17?,21?/m0/s1. The van der Waals surface area contributed by atoms with Crippen LogP contribution in [-0.2, 0) is 19.0 Å². The lowest BCUT2D eigenvalue weighted by Gasteiger charge is -2.33. The number of nitrogens with one attached hydrogen (secondary N) is 1. The van der Waals surface area contributed by atoms with Gasteiger partial charge in [-0.15, -0.1) is 4.59 Å². The number of methoxy groups -OCH3 is 1. The van der Waals surface area contributed by atoms with Gasteiger partial charge in [0.2, 0.25) is 6.23 Å². The van der Waals surface area contributed by atoms with E-state index < -0.39 is 41.3 Å². The van der Waals surface area contributed by atoms with Gasteiger partial charge in [0.05, 0.1) is 24.7 Å². The van der Waals surface area contributed by atoms with Crippen LogP contribution in [-0.4, -0.2) is 53.8 Å². The Morgan fingerprint density at radius 1 is 1.37 bits per heavy atom. The van der Waals surface area contributed by atoms with Gasteiger partial charge in [-0.25, -0.2) is 10.1 Å². The zero-order valence-electron chi connectivity index (χ0n) is 15.2. The minimum Gasteiger partial charge on any atom is -0.390 e. The molecule has 2 heterocycles. The average Bonchev–Trinajstić information content (AvgIpc) is 3.03. The molecular formula is C18H24N3O6+. The number of benzene rings is 1. The van der Waals surface area contributed by atoms with Crippen molar-refractivity contribution >= 4 is 11.9 Å². The van der Waals surface area contributed by atoms with Gasteiger partial charge in [-0.2, -0.15) is 5.84 Å². The lowest BCUT2D eigenvalue weighted by atomic mass is 10.1. The molecule has 1 fully saturated rings. The summed E-state index contributed by atoms with van der Waals surface area (Å²) in [5.74, 6) is 5.66. The summed E-state index contributed by atoms with van der Waals surface area (Å²) in [5.41, 5.74) is 1.14. The number of hydrogen-bond acceptors (Lipinski definition) is 7. The summed E-state index contributed by atoms with van der Waals surface area (Å²) in [6.45, 7) is 1.60. The predicted molar refractivity (Wildman–Crippen MR) is 93.2 cm³/mol. The van der Waals surface area contributed by atoms with E-state index in [1.807, 2.05) is 30.3 Å². The monoisotopic (exact) mass is 378 g/mol. The molecular weight excluding hydrogens is 354 g/mol. The summed E-state index contributed by atoms with van der Waals surface area (Å²) >= 11 is 0. The molecule has 0 saturated carbocycles. The maximum Gasteiger partial charge on any atom is 0.449 e. The number of carbonyl (C=O) groups excluding carboxylic acids is 2. The van der Waals surface area contributed by atoms with Gasteiger partial charge >= 0.3 is 6.03 Å². The minimum absolute atomic E-state index is 0.0499. The number of rotatable bonds is 6. The number of amides is 3. The highest BCUT2D eigenvalue weighted by molar-refractivity contribution is 6.03. The van der Waals surface area contributed by atoms with E-state index in [1.54, 1.807) is 6.92 Å². The Morgan fingerprint density at radius 3 is 2.74 bits per heavy atom. The molecule has 27 heavy (non-hydrogen) atoms. The van der Waals surface area contributed by atoms with Gasteiger partial charge in [0.15, 0.2) is 6.29 Å². The Kier molecular flexibility index (Phi) is 5.70. The van der Waals surface area contributed by atoms with Crippen LogP contribution in [0.5, 0.6) is 0 Å². The van der Waals surface area contributed by atoms with E-state index in [-0.39, 0.29) is 13.0 Å². The van der Waals surface area contributed by atoms with Gasteiger partial charge in [0.1, 0.15) is 12.3 Å². The maximum absolute atomic E-state index is 12.2. The van der Waals surface area contributed by atoms with Crippen molar-refractivity contribution in [1.29, 1.82) is 0 Å². The second kappa shape index (κ2) is 7.85. The average molecular weight is 378 g/mol. The topological polar surface area (TPSA) is 120 Å². The van der Waals surface area contributed by atoms with Crippen LogP contribution >= 0.6 is 0 Å². The Hall–Kier alpha value is -2.14. The van der Waals surface area contributed by atoms with Gasteiger partial charge in [-0.1, -0.05) is 30.3 Å². The first-order chi connectivity index (χ1) is 12.8. The largest absolute Gasteiger partial charge is 0.449 e. The van der Waals surface area contributed by atoms with Gasteiger partial charge in [-0.3, -0.25) is 4.79 Å². The molecule has 3 amide bonds. The highest BCUT2D eigenvalue weighted by Crippen LogP contribution is 2.30. The fraction of sp³-hybridized carbons (Fsp3) is 0.444. The number of aliphatic hydroxyl groups excluding tert-OH is 1. The molecule has 9 nitrogen and oxygen atoms in total. The fourth-order valence-electron chi connectivity index (χ4n) is 3.17. The summed E-state index contributed by atoms with van der Waals surface area (Å²) in [6, 6.07) is 8.66. The van der Waals surface area contributed by atoms with Crippen molar-refractivity contribution in [2.75, 3.05) is 13.7 Å². The van der Waals surface area contributed by atoms with E-state index in [9.17, 15) is 14.7 Å². The number of nitrogens with two attached hydrogens (primary N) is 1. The summed E-state index contributed by atoms with van der Waals surface area (Å²) in [5, 5.41) is 12.5. The summed E-state index contributed by atoms with van der Waals surface area (Å²) in [7, 11) is 1.52. The molecule has 0 radical (unpaired) electrons. The van der Waals surface area contributed by atoms with E-state index >= 15 is 0 Å². The van der Waals surface area contributed by atoms with Crippen molar-refractivity contribution < 1.29 is 33.5 Å². The molecule has 2 unspecified atom stereocenters. The zero-order chi connectivity index (χ0) is 19.6. The van der Waals surface area contributed by atoms with Gasteiger partial charge < -0.3 is 19.3 Å². The smallest absolute Gasteiger partial charge is 0.390 e. The predicted octanol–water partition coefficient (Wildman–Crippen LogP) is 0.668. The second-order valence-corrected chi connectivity index (χ2v) is 6.65. The van der Waals surface area contributed by atoms with E-state index in [2.05, 4.69) is 5.32 Å². The first-order valence-corrected chi connectivity index (χ1v) is 8.60. The van der Waals surface area contributed by atoms with Crippen molar-refractivity contribution in [1.82, 2.24) is 5.32 Å². The molecule has 2 aliphatic rings. The van der Waals surface area contributed by atoms with Crippen LogP contribution < -0.4 is 11.2 Å². The van der Waals surface area contributed by atoms with Gasteiger partial charge in [-0.05, 0) is 6.92 Å². The first-order valence-electron chi connectivity index (χ1n) is 8.60. The minimum atomic E-state index is -0.874. The number of carbonyl (C=O) groups is 2. The Bertz CT molecular complexity index is 740. The van der Waals surface area contributed by atoms with Crippen molar-refractivity contribution in [3.63, 3.8) is 0 Å². The van der Waals surface area contributed by atoms with Crippen LogP contribution in [0.1, 0.15) is 25.2 Å². The molecule has 1 aromatic rings. The Labute approximate surface area is 156 Å². The number of nitrogens with zero attached hydrogens (tertiary/aromatic N) is 1. The Morgan fingerprint density at radius 2 is 2.07 bits per heavy atom. The van der Waals surface area contributed by atoms with E-state index in [4.69, 9.17) is 20.1 Å². The van der Waals surface area contributed by atoms with Crippen molar-refractivity contribution in [3.05, 3.63) is 47.7 Å². The Balaban J connectivity index is 1.66. The van der Waals surface area contributed by atoms with Gasteiger partial charge in [0, 0.05) is 12.7 Å². The normalized spacial score (nSPS) is 32.1. The number of urea groups is 1. The highest BCUT2D eigenvalue weighted by atomic mass is 16.7. The number of hydrogen-bond donors (Lipinski definition) is 3. The van der Waals surface area contributed by atoms with Crippen LogP contribution in [0.15, 0.2) is 42.1 Å². The summed E-state index contributed by atoms with van der Waals surface area (Å²) in [4.78, 5) is 23.8.